The Labute approximate surface area is 80.1 Å². The van der Waals surface area contributed by atoms with Crippen molar-refractivity contribution in [2.75, 3.05) is 6.79 Å². The lowest BCUT2D eigenvalue weighted by atomic mass is 10.2. The molecule has 1 aliphatic heterocycles. The normalized spacial score (nSPS) is 13.4. The third-order valence-electron chi connectivity index (χ3n) is 1.75. The highest BCUT2D eigenvalue weighted by Gasteiger charge is 2.18. The third-order valence-corrected chi connectivity index (χ3v) is 1.97. The summed E-state index contributed by atoms with van der Waals surface area (Å²) in [5.74, 6) is 6.27. The van der Waals surface area contributed by atoms with Gasteiger partial charge in [0.2, 0.25) is 6.79 Å². The fourth-order valence-corrected chi connectivity index (χ4v) is 1.47. The van der Waals surface area contributed by atoms with Crippen molar-refractivity contribution in [3.05, 3.63) is 22.7 Å². The van der Waals surface area contributed by atoms with Crippen molar-refractivity contribution in [1.82, 2.24) is 0 Å². The van der Waals surface area contributed by atoms with Gasteiger partial charge in [-0.15, -0.1) is 0 Å². The summed E-state index contributed by atoms with van der Waals surface area (Å²) >= 11 is 5.83. The molecule has 0 spiro atoms. The van der Waals surface area contributed by atoms with Crippen LogP contribution in [0.1, 0.15) is 5.56 Å². The predicted octanol–water partition coefficient (Wildman–Crippen LogP) is 1.46. The van der Waals surface area contributed by atoms with Crippen LogP contribution in [0.2, 0.25) is 5.02 Å². The van der Waals surface area contributed by atoms with E-state index in [0.29, 0.717) is 16.5 Å². The maximum atomic E-state index is 5.83. The molecule has 0 radical (unpaired) electrons. The minimum Gasteiger partial charge on any atom is -0.454 e. The molecule has 0 fully saturated rings. The van der Waals surface area contributed by atoms with E-state index in [1.165, 1.54) is 0 Å². The van der Waals surface area contributed by atoms with Crippen LogP contribution >= 0.6 is 11.6 Å². The van der Waals surface area contributed by atoms with Gasteiger partial charge in [0.25, 0.3) is 0 Å². The van der Waals surface area contributed by atoms with Crippen molar-refractivity contribution in [3.63, 3.8) is 0 Å². The summed E-state index contributed by atoms with van der Waals surface area (Å²) in [5, 5.41) is 0.580. The van der Waals surface area contributed by atoms with E-state index in [9.17, 15) is 0 Å². The molecule has 5 heteroatoms. The van der Waals surface area contributed by atoms with Crippen molar-refractivity contribution in [3.8, 4) is 11.5 Å². The maximum absolute atomic E-state index is 5.83. The van der Waals surface area contributed by atoms with Crippen LogP contribution in [0.15, 0.2) is 12.1 Å². The van der Waals surface area contributed by atoms with Crippen LogP contribution in [0.3, 0.4) is 0 Å². The highest BCUT2D eigenvalue weighted by molar-refractivity contribution is 6.30. The van der Waals surface area contributed by atoms with Crippen molar-refractivity contribution < 1.29 is 14.3 Å². The molecule has 1 aromatic rings. The van der Waals surface area contributed by atoms with Crippen LogP contribution in [0.4, 0.5) is 0 Å². The molecule has 0 saturated heterocycles. The predicted molar refractivity (Wildman–Crippen MR) is 46.6 cm³/mol. The van der Waals surface area contributed by atoms with Gasteiger partial charge in [-0.3, -0.25) is 4.84 Å². The Morgan fingerprint density at radius 1 is 1.46 bits per heavy atom. The van der Waals surface area contributed by atoms with Crippen molar-refractivity contribution in [2.45, 2.75) is 6.61 Å². The minimum atomic E-state index is 0.216. The van der Waals surface area contributed by atoms with Crippen LogP contribution in [0, 0.1) is 0 Å². The first-order valence-corrected chi connectivity index (χ1v) is 4.09. The Hall–Kier alpha value is -0.970. The number of hydrogen-bond donors (Lipinski definition) is 1. The van der Waals surface area contributed by atoms with Crippen LogP contribution in [0.5, 0.6) is 11.5 Å². The molecule has 4 nitrogen and oxygen atoms in total. The summed E-state index contributed by atoms with van der Waals surface area (Å²) < 4.78 is 10.4. The molecule has 70 valence electrons. The zero-order valence-corrected chi connectivity index (χ0v) is 7.50. The second-order valence-electron chi connectivity index (χ2n) is 2.61. The number of ether oxygens (including phenoxy) is 2. The number of hydrogen-bond acceptors (Lipinski definition) is 4. The summed E-state index contributed by atoms with van der Waals surface area (Å²) in [7, 11) is 0. The Kier molecular flexibility index (Phi) is 2.26. The molecule has 0 aromatic heterocycles. The molecule has 0 unspecified atom stereocenters. The van der Waals surface area contributed by atoms with Crippen LogP contribution in [-0.4, -0.2) is 6.79 Å². The summed E-state index contributed by atoms with van der Waals surface area (Å²) in [6.45, 7) is 0.472. The van der Waals surface area contributed by atoms with Gasteiger partial charge in [-0.2, -0.15) is 0 Å². The standard InChI is InChI=1S/C8H8ClNO3/c9-6-1-5(3-13-10)8-7(2-6)11-4-12-8/h1-2H,3-4,10H2. The first-order valence-electron chi connectivity index (χ1n) is 3.71. The maximum Gasteiger partial charge on any atom is 0.231 e. The number of benzene rings is 1. The summed E-state index contributed by atoms with van der Waals surface area (Å²) in [6.07, 6.45) is 0. The Balaban J connectivity index is 2.43. The van der Waals surface area contributed by atoms with Gasteiger partial charge >= 0.3 is 0 Å². The van der Waals surface area contributed by atoms with E-state index in [1.807, 2.05) is 0 Å². The topological polar surface area (TPSA) is 53.7 Å². The van der Waals surface area contributed by atoms with Crippen molar-refractivity contribution in [2.24, 2.45) is 5.90 Å². The zero-order chi connectivity index (χ0) is 9.26. The van der Waals surface area contributed by atoms with Gasteiger partial charge in [0.05, 0.1) is 6.61 Å². The van der Waals surface area contributed by atoms with Gasteiger partial charge in [-0.1, -0.05) is 11.6 Å². The van der Waals surface area contributed by atoms with Crippen LogP contribution < -0.4 is 15.4 Å². The average molecular weight is 202 g/mol. The molecule has 1 heterocycles. The first-order chi connectivity index (χ1) is 6.31. The van der Waals surface area contributed by atoms with E-state index < -0.39 is 0 Å². The summed E-state index contributed by atoms with van der Waals surface area (Å²) in [4.78, 5) is 4.51. The lowest BCUT2D eigenvalue weighted by molar-refractivity contribution is 0.120. The number of rotatable bonds is 2. The van der Waals surface area contributed by atoms with Crippen molar-refractivity contribution >= 4 is 11.6 Å². The molecule has 0 amide bonds. The lowest BCUT2D eigenvalue weighted by Gasteiger charge is -2.04. The Morgan fingerprint density at radius 3 is 3.08 bits per heavy atom. The molecule has 0 atom stereocenters. The molecule has 2 N–H and O–H groups in total. The molecule has 2 rings (SSSR count). The van der Waals surface area contributed by atoms with E-state index in [1.54, 1.807) is 12.1 Å². The Morgan fingerprint density at radius 2 is 2.31 bits per heavy atom. The molecule has 0 saturated carbocycles. The fourth-order valence-electron chi connectivity index (χ4n) is 1.24. The SMILES string of the molecule is NOCc1cc(Cl)cc2c1OCO2. The quantitative estimate of drug-likeness (QED) is 0.736. The van der Waals surface area contributed by atoms with Gasteiger partial charge in [0.15, 0.2) is 11.5 Å². The largest absolute Gasteiger partial charge is 0.454 e. The highest BCUT2D eigenvalue weighted by atomic mass is 35.5. The smallest absolute Gasteiger partial charge is 0.231 e. The van der Waals surface area contributed by atoms with Gasteiger partial charge in [-0.25, -0.2) is 5.90 Å². The van der Waals surface area contributed by atoms with E-state index in [0.717, 1.165) is 5.56 Å². The van der Waals surface area contributed by atoms with Crippen molar-refractivity contribution in [1.29, 1.82) is 0 Å². The minimum absolute atomic E-state index is 0.216. The van der Waals surface area contributed by atoms with E-state index >= 15 is 0 Å². The number of halogens is 1. The second-order valence-corrected chi connectivity index (χ2v) is 3.05. The molecule has 13 heavy (non-hydrogen) atoms. The number of fused-ring (bicyclic) bond motifs is 1. The average Bonchev–Trinajstić information content (AvgIpc) is 2.52. The molecular formula is C8H8ClNO3. The zero-order valence-electron chi connectivity index (χ0n) is 6.75. The Bertz CT molecular complexity index is 329. The summed E-state index contributed by atoms with van der Waals surface area (Å²) in [6, 6.07) is 3.44. The summed E-state index contributed by atoms with van der Waals surface area (Å²) in [5.41, 5.74) is 0.794. The van der Waals surface area contributed by atoms with Gasteiger partial charge in [0, 0.05) is 16.7 Å². The highest BCUT2D eigenvalue weighted by Crippen LogP contribution is 2.38. The molecule has 0 bridgehead atoms. The second kappa shape index (κ2) is 3.41. The lowest BCUT2D eigenvalue weighted by Crippen LogP contribution is -2.00. The molecule has 0 aliphatic carbocycles. The van der Waals surface area contributed by atoms with Gasteiger partial charge < -0.3 is 9.47 Å². The third kappa shape index (κ3) is 1.56. The van der Waals surface area contributed by atoms with Gasteiger partial charge in [-0.05, 0) is 6.07 Å². The van der Waals surface area contributed by atoms with E-state index in [4.69, 9.17) is 27.0 Å². The van der Waals surface area contributed by atoms with E-state index in [2.05, 4.69) is 4.84 Å². The molecule has 1 aromatic carbocycles. The van der Waals surface area contributed by atoms with Gasteiger partial charge in [0.1, 0.15) is 0 Å². The van der Waals surface area contributed by atoms with E-state index in [-0.39, 0.29) is 13.4 Å². The first kappa shape index (κ1) is 8.62. The van der Waals surface area contributed by atoms with Crippen LogP contribution in [-0.2, 0) is 11.4 Å². The number of nitrogens with two attached hydrogens (primary N) is 1. The molecule has 1 aliphatic rings. The fraction of sp³-hybridized carbons (Fsp3) is 0.250. The van der Waals surface area contributed by atoms with Crippen LogP contribution in [0.25, 0.3) is 0 Å². The monoisotopic (exact) mass is 201 g/mol. The molecular weight excluding hydrogens is 194 g/mol.